The van der Waals surface area contributed by atoms with Gasteiger partial charge in [-0.15, -0.1) is 0 Å². The summed E-state index contributed by atoms with van der Waals surface area (Å²) < 4.78 is 16.5. The molecular weight excluding hydrogens is 246 g/mol. The maximum absolute atomic E-state index is 10.2. The smallest absolute Gasteiger partial charge is 1.00 e. The number of hydrogen-bond donors (Lipinski definition) is 3. The van der Waals surface area contributed by atoms with Gasteiger partial charge in [-0.3, -0.25) is 4.89 Å². The second-order valence-corrected chi connectivity index (χ2v) is 2.49. The van der Waals surface area contributed by atoms with Gasteiger partial charge in [-0.1, -0.05) is 0 Å². The van der Waals surface area contributed by atoms with Crippen molar-refractivity contribution in [3.05, 3.63) is 0 Å². The van der Waals surface area contributed by atoms with E-state index in [0.29, 0.717) is 0 Å². The van der Waals surface area contributed by atoms with E-state index in [1.165, 1.54) is 0 Å². The van der Waals surface area contributed by atoms with E-state index in [1.807, 2.05) is 0 Å². The molecule has 8 nitrogen and oxygen atoms in total. The van der Waals surface area contributed by atoms with Crippen molar-refractivity contribution >= 4 is 57.9 Å². The third-order valence-corrected chi connectivity index (χ3v) is 1.16. The molecule has 0 saturated heterocycles. The van der Waals surface area contributed by atoms with Crippen molar-refractivity contribution in [1.82, 2.24) is 0 Å². The van der Waals surface area contributed by atoms with Crippen LogP contribution in [0.2, 0.25) is 0 Å². The molecule has 13 heavy (non-hydrogen) atoms. The van der Waals surface area contributed by atoms with Crippen molar-refractivity contribution in [1.29, 1.82) is 0 Å². The molecule has 0 aliphatic carbocycles. The van der Waals surface area contributed by atoms with Gasteiger partial charge in [0, 0.05) is 0 Å². The molecule has 0 spiro atoms. The predicted molar refractivity (Wildman–Crippen MR) is 37.1 cm³/mol. The molecule has 0 aromatic rings. The van der Waals surface area contributed by atoms with E-state index in [1.54, 1.807) is 0 Å². The van der Waals surface area contributed by atoms with Gasteiger partial charge in [0.1, 0.15) is 0 Å². The standard InChI is InChI=1S/C2H3O8P.Ca.Na.3H/c3-1(4)9-11(7,8)10-2(5)6;;;;;/h(H,3,4)(H,5,6)(H,7,8);;;;;/q;+2;+1;3*-1. The van der Waals surface area contributed by atoms with E-state index in [2.05, 4.69) is 9.05 Å². The molecule has 0 saturated carbocycles. The molecule has 0 rings (SSSR count). The molecule has 0 aliphatic rings. The molecular formula is C2H6CaNaO8P. The predicted octanol–water partition coefficient (Wildman–Crippen LogP) is -2.56. The maximum atomic E-state index is 10.2. The third kappa shape index (κ3) is 13.0. The van der Waals surface area contributed by atoms with Crippen LogP contribution < -0.4 is 29.6 Å². The normalized spacial score (nSPS) is 8.69. The quantitative estimate of drug-likeness (QED) is 0.361. The van der Waals surface area contributed by atoms with Crippen LogP contribution in [0, 0.1) is 0 Å². The van der Waals surface area contributed by atoms with Crippen LogP contribution in [0.4, 0.5) is 9.59 Å². The van der Waals surface area contributed by atoms with Crippen LogP contribution in [0.3, 0.4) is 0 Å². The SMILES string of the molecule is O=C(O)OP(=O)(O)OC(=O)O.[Ca+2].[H-].[H-].[H-].[Na+]. The second-order valence-electron chi connectivity index (χ2n) is 1.18. The molecule has 3 N–H and O–H groups in total. The first kappa shape index (κ1) is 19.5. The summed E-state index contributed by atoms with van der Waals surface area (Å²) in [6.45, 7) is 0. The molecule has 0 aliphatic heterocycles. The van der Waals surface area contributed by atoms with E-state index < -0.39 is 20.1 Å². The average molecular weight is 252 g/mol. The Bertz CT molecular complexity index is 219. The van der Waals surface area contributed by atoms with Crippen molar-refractivity contribution in [3.63, 3.8) is 0 Å². The molecule has 0 radical (unpaired) electrons. The Labute approximate surface area is 129 Å². The summed E-state index contributed by atoms with van der Waals surface area (Å²) in [4.78, 5) is 27.3. The van der Waals surface area contributed by atoms with Gasteiger partial charge in [0.05, 0.1) is 0 Å². The number of rotatable bonds is 2. The largest absolute Gasteiger partial charge is 2.00 e. The number of hydrogen-bond acceptors (Lipinski definition) is 5. The van der Waals surface area contributed by atoms with Gasteiger partial charge in [0.25, 0.3) is 0 Å². The molecule has 0 fully saturated rings. The first-order valence-electron chi connectivity index (χ1n) is 2.01. The number of carboxylic acid groups (broad SMARTS) is 2. The minimum atomic E-state index is -5.00. The summed E-state index contributed by atoms with van der Waals surface area (Å²) in [5.41, 5.74) is 0. The number of phosphoric ester groups is 1. The molecule has 0 unspecified atom stereocenters. The Morgan fingerprint density at radius 2 is 1.38 bits per heavy atom. The molecule has 11 heteroatoms. The second kappa shape index (κ2) is 8.31. The Balaban J connectivity index is -0.0000000500. The minimum absolute atomic E-state index is 0. The summed E-state index contributed by atoms with van der Waals surface area (Å²) in [5, 5.41) is 15.5. The van der Waals surface area contributed by atoms with E-state index >= 15 is 0 Å². The zero-order valence-electron chi connectivity index (χ0n) is 9.54. The minimum Gasteiger partial charge on any atom is -1.00 e. The van der Waals surface area contributed by atoms with Gasteiger partial charge in [-0.25, -0.2) is 14.2 Å². The van der Waals surface area contributed by atoms with E-state index in [9.17, 15) is 14.2 Å². The van der Waals surface area contributed by atoms with Crippen LogP contribution in [0.5, 0.6) is 0 Å². The summed E-state index contributed by atoms with van der Waals surface area (Å²) in [7, 11) is -5.00. The molecule has 70 valence electrons. The van der Waals surface area contributed by atoms with Gasteiger partial charge < -0.3 is 23.5 Å². The molecule has 0 atom stereocenters. The summed E-state index contributed by atoms with van der Waals surface area (Å²) in [6, 6.07) is 0. The van der Waals surface area contributed by atoms with Gasteiger partial charge in [-0.2, -0.15) is 0 Å². The van der Waals surface area contributed by atoms with Gasteiger partial charge in [0.15, 0.2) is 0 Å². The molecule has 0 amide bonds. The van der Waals surface area contributed by atoms with E-state index in [0.717, 1.165) is 0 Å². The zero-order chi connectivity index (χ0) is 9.07. The summed E-state index contributed by atoms with van der Waals surface area (Å²) >= 11 is 0. The molecule has 0 aromatic heterocycles. The fourth-order valence-electron chi connectivity index (χ4n) is 0.216. The fraction of sp³-hybridized carbons (Fsp3) is 0. The van der Waals surface area contributed by atoms with Crippen molar-refractivity contribution in [2.75, 3.05) is 0 Å². The summed E-state index contributed by atoms with van der Waals surface area (Å²) in [5.74, 6) is 0. The van der Waals surface area contributed by atoms with Crippen molar-refractivity contribution < 1.29 is 72.1 Å². The molecule has 0 bridgehead atoms. The summed E-state index contributed by atoms with van der Waals surface area (Å²) in [6.07, 6.45) is -4.20. The monoisotopic (exact) mass is 252 g/mol. The molecule has 0 aromatic carbocycles. The van der Waals surface area contributed by atoms with Crippen LogP contribution in [0.15, 0.2) is 0 Å². The third-order valence-electron chi connectivity index (χ3n) is 0.387. The topological polar surface area (TPSA) is 130 Å². The van der Waals surface area contributed by atoms with Gasteiger partial charge >= 0.3 is 87.4 Å². The Hall–Kier alpha value is 0.990. The number of carbonyl (C=O) groups is 2. The van der Waals surface area contributed by atoms with Crippen LogP contribution in [0.25, 0.3) is 0 Å². The Kier molecular flexibility index (Phi) is 12.5. The zero-order valence-corrected chi connectivity index (χ0v) is 11.6. The fourth-order valence-corrected chi connectivity index (χ4v) is 0.648. The van der Waals surface area contributed by atoms with Crippen LogP contribution in [0.1, 0.15) is 4.28 Å². The van der Waals surface area contributed by atoms with Crippen molar-refractivity contribution in [2.45, 2.75) is 0 Å². The van der Waals surface area contributed by atoms with E-state index in [-0.39, 0.29) is 71.6 Å². The number of phosphoric acid groups is 1. The molecule has 0 heterocycles. The van der Waals surface area contributed by atoms with Gasteiger partial charge in [0.2, 0.25) is 0 Å². The Morgan fingerprint density at radius 3 is 1.54 bits per heavy atom. The van der Waals surface area contributed by atoms with Crippen LogP contribution in [-0.4, -0.2) is 65.2 Å². The Morgan fingerprint density at radius 1 is 1.15 bits per heavy atom. The van der Waals surface area contributed by atoms with Gasteiger partial charge in [-0.05, 0) is 0 Å². The van der Waals surface area contributed by atoms with Crippen molar-refractivity contribution in [2.24, 2.45) is 0 Å². The van der Waals surface area contributed by atoms with Crippen molar-refractivity contribution in [3.8, 4) is 0 Å². The van der Waals surface area contributed by atoms with Crippen LogP contribution in [-0.2, 0) is 13.6 Å². The first-order valence-corrected chi connectivity index (χ1v) is 3.51. The maximum Gasteiger partial charge on any atom is 2.00 e. The average Bonchev–Trinajstić information content (AvgIpc) is 1.53. The first-order chi connectivity index (χ1) is 4.83. The van der Waals surface area contributed by atoms with E-state index in [4.69, 9.17) is 15.1 Å². The van der Waals surface area contributed by atoms with Crippen LogP contribution >= 0.6 is 7.82 Å².